The Morgan fingerprint density at radius 2 is 2.04 bits per heavy atom. The van der Waals surface area contributed by atoms with Gasteiger partial charge in [0.25, 0.3) is 5.78 Å². The minimum absolute atomic E-state index is 0.0617. The Labute approximate surface area is 153 Å². The SMILES string of the molecule is CCc1cc(NCC2(c3ccccc3C)CCOCC2)n2ncnc2n1. The maximum Gasteiger partial charge on any atom is 0.254 e. The van der Waals surface area contributed by atoms with Gasteiger partial charge in [0.05, 0.1) is 0 Å². The van der Waals surface area contributed by atoms with Crippen LogP contribution < -0.4 is 5.32 Å². The quantitative estimate of drug-likeness (QED) is 0.765. The summed E-state index contributed by atoms with van der Waals surface area (Å²) in [7, 11) is 0. The zero-order valence-electron chi connectivity index (χ0n) is 15.4. The molecule has 2 aromatic heterocycles. The van der Waals surface area contributed by atoms with Crippen LogP contribution in [0.4, 0.5) is 5.82 Å². The van der Waals surface area contributed by atoms with Crippen molar-refractivity contribution in [2.45, 2.75) is 38.5 Å². The predicted octanol–water partition coefficient (Wildman–Crippen LogP) is 3.16. The van der Waals surface area contributed by atoms with E-state index in [0.717, 1.165) is 50.5 Å². The van der Waals surface area contributed by atoms with E-state index >= 15 is 0 Å². The minimum atomic E-state index is 0.0617. The number of hydrogen-bond acceptors (Lipinski definition) is 5. The number of anilines is 1. The van der Waals surface area contributed by atoms with Crippen LogP contribution in [-0.2, 0) is 16.6 Å². The molecule has 26 heavy (non-hydrogen) atoms. The van der Waals surface area contributed by atoms with E-state index < -0.39 is 0 Å². The summed E-state index contributed by atoms with van der Waals surface area (Å²) in [5, 5.41) is 7.98. The molecule has 0 atom stereocenters. The highest BCUT2D eigenvalue weighted by atomic mass is 16.5. The molecule has 1 fully saturated rings. The highest BCUT2D eigenvalue weighted by molar-refractivity contribution is 5.46. The molecule has 6 nitrogen and oxygen atoms in total. The molecule has 1 aliphatic rings. The topological polar surface area (TPSA) is 64.3 Å². The fourth-order valence-electron chi connectivity index (χ4n) is 3.90. The number of rotatable bonds is 5. The fourth-order valence-corrected chi connectivity index (χ4v) is 3.90. The maximum absolute atomic E-state index is 5.67. The highest BCUT2D eigenvalue weighted by Gasteiger charge is 2.35. The van der Waals surface area contributed by atoms with Gasteiger partial charge in [-0.2, -0.15) is 14.6 Å². The summed E-state index contributed by atoms with van der Waals surface area (Å²) < 4.78 is 7.45. The van der Waals surface area contributed by atoms with E-state index in [0.29, 0.717) is 5.78 Å². The van der Waals surface area contributed by atoms with Crippen molar-refractivity contribution in [3.8, 4) is 0 Å². The number of fused-ring (bicyclic) bond motifs is 1. The van der Waals surface area contributed by atoms with E-state index in [9.17, 15) is 0 Å². The minimum Gasteiger partial charge on any atom is -0.381 e. The third-order valence-corrected chi connectivity index (χ3v) is 5.44. The van der Waals surface area contributed by atoms with Crippen LogP contribution in [0.25, 0.3) is 5.78 Å². The summed E-state index contributed by atoms with van der Waals surface area (Å²) in [6.07, 6.45) is 4.45. The number of benzene rings is 1. The largest absolute Gasteiger partial charge is 0.381 e. The van der Waals surface area contributed by atoms with Crippen LogP contribution in [0, 0.1) is 6.92 Å². The first-order valence-corrected chi connectivity index (χ1v) is 9.29. The van der Waals surface area contributed by atoms with Crippen LogP contribution in [0.2, 0.25) is 0 Å². The third-order valence-electron chi connectivity index (χ3n) is 5.44. The zero-order chi connectivity index (χ0) is 18.0. The summed E-state index contributed by atoms with van der Waals surface area (Å²) >= 11 is 0. The molecule has 6 heteroatoms. The van der Waals surface area contributed by atoms with Gasteiger partial charge >= 0.3 is 0 Å². The standard InChI is InChI=1S/C20H25N5O/c1-3-16-12-18(25-19(24-16)22-14-23-25)21-13-20(8-10-26-11-9-20)17-7-5-4-6-15(17)2/h4-7,12,14,21H,3,8-11,13H2,1-2H3. The average Bonchev–Trinajstić information content (AvgIpc) is 3.16. The molecule has 0 spiro atoms. The molecule has 1 aromatic carbocycles. The van der Waals surface area contributed by atoms with Crippen LogP contribution in [0.3, 0.4) is 0 Å². The highest BCUT2D eigenvalue weighted by Crippen LogP contribution is 2.37. The summed E-state index contributed by atoms with van der Waals surface area (Å²) in [6.45, 7) is 6.73. The maximum atomic E-state index is 5.67. The second kappa shape index (κ2) is 7.03. The molecule has 3 heterocycles. The van der Waals surface area contributed by atoms with E-state index in [2.05, 4.69) is 64.6 Å². The molecule has 0 bridgehead atoms. The van der Waals surface area contributed by atoms with Gasteiger partial charge in [-0.05, 0) is 37.3 Å². The molecular weight excluding hydrogens is 326 g/mol. The van der Waals surface area contributed by atoms with Crippen LogP contribution in [0.15, 0.2) is 36.7 Å². The Kier molecular flexibility index (Phi) is 4.59. The molecule has 0 unspecified atom stereocenters. The van der Waals surface area contributed by atoms with E-state index in [1.165, 1.54) is 11.1 Å². The van der Waals surface area contributed by atoms with Crippen molar-refractivity contribution in [2.24, 2.45) is 0 Å². The van der Waals surface area contributed by atoms with Crippen LogP contribution in [0.1, 0.15) is 36.6 Å². The third kappa shape index (κ3) is 3.05. The first-order chi connectivity index (χ1) is 12.7. The van der Waals surface area contributed by atoms with E-state index in [-0.39, 0.29) is 5.41 Å². The monoisotopic (exact) mass is 351 g/mol. The smallest absolute Gasteiger partial charge is 0.254 e. The van der Waals surface area contributed by atoms with Crippen molar-refractivity contribution in [3.63, 3.8) is 0 Å². The van der Waals surface area contributed by atoms with Gasteiger partial charge in [-0.1, -0.05) is 31.2 Å². The van der Waals surface area contributed by atoms with Gasteiger partial charge in [0.1, 0.15) is 12.1 Å². The lowest BCUT2D eigenvalue weighted by Gasteiger charge is -2.39. The summed E-state index contributed by atoms with van der Waals surface area (Å²) in [4.78, 5) is 8.78. The van der Waals surface area contributed by atoms with Crippen molar-refractivity contribution in [1.29, 1.82) is 0 Å². The predicted molar refractivity (Wildman–Crippen MR) is 102 cm³/mol. The van der Waals surface area contributed by atoms with Gasteiger partial charge in [0.15, 0.2) is 0 Å². The summed E-state index contributed by atoms with van der Waals surface area (Å²) in [5.74, 6) is 1.59. The lowest BCUT2D eigenvalue weighted by molar-refractivity contribution is 0.0541. The average molecular weight is 351 g/mol. The van der Waals surface area contributed by atoms with Gasteiger partial charge < -0.3 is 10.1 Å². The van der Waals surface area contributed by atoms with Crippen LogP contribution in [-0.4, -0.2) is 39.3 Å². The number of aryl methyl sites for hydroxylation is 2. The van der Waals surface area contributed by atoms with Crippen molar-refractivity contribution in [3.05, 3.63) is 53.5 Å². The molecule has 1 aliphatic heterocycles. The van der Waals surface area contributed by atoms with Gasteiger partial charge in [-0.25, -0.2) is 4.98 Å². The molecule has 3 aromatic rings. The first-order valence-electron chi connectivity index (χ1n) is 9.29. The fraction of sp³-hybridized carbons (Fsp3) is 0.450. The molecule has 0 amide bonds. The van der Waals surface area contributed by atoms with Crippen molar-refractivity contribution in [1.82, 2.24) is 19.6 Å². The summed E-state index contributed by atoms with van der Waals surface area (Å²) in [6, 6.07) is 10.8. The van der Waals surface area contributed by atoms with Gasteiger partial charge in [0.2, 0.25) is 0 Å². The molecule has 4 rings (SSSR count). The second-order valence-electron chi connectivity index (χ2n) is 7.02. The second-order valence-corrected chi connectivity index (χ2v) is 7.02. The molecule has 0 radical (unpaired) electrons. The lowest BCUT2D eigenvalue weighted by atomic mass is 9.72. The Bertz CT molecular complexity index is 898. The lowest BCUT2D eigenvalue weighted by Crippen LogP contribution is -2.41. The Balaban J connectivity index is 1.68. The van der Waals surface area contributed by atoms with E-state index in [4.69, 9.17) is 4.74 Å². The number of nitrogens with one attached hydrogen (secondary N) is 1. The molecule has 1 N–H and O–H groups in total. The van der Waals surface area contributed by atoms with Crippen LogP contribution in [0.5, 0.6) is 0 Å². The Morgan fingerprint density at radius 3 is 2.81 bits per heavy atom. The van der Waals surface area contributed by atoms with Crippen molar-refractivity contribution < 1.29 is 4.74 Å². The first kappa shape index (κ1) is 17.0. The zero-order valence-corrected chi connectivity index (χ0v) is 15.4. The normalized spacial score (nSPS) is 16.7. The molecule has 0 aliphatic carbocycles. The van der Waals surface area contributed by atoms with Crippen LogP contribution >= 0.6 is 0 Å². The number of nitrogens with zero attached hydrogens (tertiary/aromatic N) is 4. The van der Waals surface area contributed by atoms with Gasteiger partial charge in [0, 0.05) is 36.9 Å². The van der Waals surface area contributed by atoms with Gasteiger partial charge in [-0.15, -0.1) is 0 Å². The summed E-state index contributed by atoms with van der Waals surface area (Å²) in [5.41, 5.74) is 3.83. The van der Waals surface area contributed by atoms with E-state index in [1.807, 2.05) is 0 Å². The molecule has 0 saturated carbocycles. The Hall–Kier alpha value is -2.47. The number of hydrogen-bond donors (Lipinski definition) is 1. The van der Waals surface area contributed by atoms with Crippen molar-refractivity contribution in [2.75, 3.05) is 25.1 Å². The number of ether oxygens (including phenoxy) is 1. The Morgan fingerprint density at radius 1 is 1.23 bits per heavy atom. The molecule has 1 saturated heterocycles. The molecular formula is C20H25N5O. The number of aromatic nitrogens is 4. The molecule has 136 valence electrons. The van der Waals surface area contributed by atoms with Crippen molar-refractivity contribution >= 4 is 11.6 Å². The van der Waals surface area contributed by atoms with Gasteiger partial charge in [-0.3, -0.25) is 0 Å². The van der Waals surface area contributed by atoms with E-state index in [1.54, 1.807) is 10.8 Å².